The Labute approximate surface area is 152 Å². The molecule has 0 radical (unpaired) electrons. The van der Waals surface area contributed by atoms with Crippen LogP contribution in [0.1, 0.15) is 34.2 Å². The largest absolute Gasteiger partial charge is 0.293 e. The van der Waals surface area contributed by atoms with Crippen molar-refractivity contribution in [2.24, 2.45) is 0 Å². The van der Waals surface area contributed by atoms with Gasteiger partial charge in [0.25, 0.3) is 0 Å². The highest BCUT2D eigenvalue weighted by Gasteiger charge is 2.14. The summed E-state index contributed by atoms with van der Waals surface area (Å²) < 4.78 is 1.99. The van der Waals surface area contributed by atoms with Crippen molar-refractivity contribution in [2.75, 3.05) is 5.75 Å². The van der Waals surface area contributed by atoms with E-state index < -0.39 is 0 Å². The lowest BCUT2D eigenvalue weighted by molar-refractivity contribution is 0.102. The number of Topliss-reactive ketones (excluding diaryl/α,β-unsaturated/α-hetero) is 1. The van der Waals surface area contributed by atoms with E-state index in [1.807, 2.05) is 47.9 Å². The topological polar surface area (TPSA) is 47.8 Å². The SMILES string of the molecule is CCc1ccc(C(=O)CSc2nnc(C)n2-c2cccc(C)c2)cc1. The lowest BCUT2D eigenvalue weighted by Gasteiger charge is -2.09. The molecule has 25 heavy (non-hydrogen) atoms. The van der Waals surface area contributed by atoms with Crippen molar-refractivity contribution < 1.29 is 4.79 Å². The van der Waals surface area contributed by atoms with Crippen LogP contribution < -0.4 is 0 Å². The molecule has 0 saturated carbocycles. The summed E-state index contributed by atoms with van der Waals surface area (Å²) >= 11 is 1.42. The summed E-state index contributed by atoms with van der Waals surface area (Å²) in [4.78, 5) is 12.4. The fraction of sp³-hybridized carbons (Fsp3) is 0.250. The van der Waals surface area contributed by atoms with E-state index in [2.05, 4.69) is 36.2 Å². The maximum absolute atomic E-state index is 12.4. The van der Waals surface area contributed by atoms with Crippen LogP contribution in [0.25, 0.3) is 5.69 Å². The van der Waals surface area contributed by atoms with Crippen molar-refractivity contribution >= 4 is 17.5 Å². The molecule has 0 N–H and O–H groups in total. The number of hydrogen-bond donors (Lipinski definition) is 0. The molecule has 0 atom stereocenters. The van der Waals surface area contributed by atoms with Gasteiger partial charge < -0.3 is 0 Å². The van der Waals surface area contributed by atoms with Crippen LogP contribution in [0.2, 0.25) is 0 Å². The zero-order valence-electron chi connectivity index (χ0n) is 14.7. The van der Waals surface area contributed by atoms with Gasteiger partial charge in [-0.1, -0.05) is 55.1 Å². The van der Waals surface area contributed by atoms with Crippen LogP contribution in [-0.4, -0.2) is 26.3 Å². The number of benzene rings is 2. The first-order valence-corrected chi connectivity index (χ1v) is 9.31. The van der Waals surface area contributed by atoms with E-state index in [0.29, 0.717) is 5.75 Å². The fourth-order valence-corrected chi connectivity index (χ4v) is 3.53. The Bertz CT molecular complexity index is 884. The third kappa shape index (κ3) is 3.99. The molecule has 0 aliphatic heterocycles. The number of aromatic nitrogens is 3. The lowest BCUT2D eigenvalue weighted by atomic mass is 10.1. The van der Waals surface area contributed by atoms with E-state index >= 15 is 0 Å². The monoisotopic (exact) mass is 351 g/mol. The average Bonchev–Trinajstić information content (AvgIpc) is 3.00. The van der Waals surface area contributed by atoms with Crippen LogP contribution in [0.4, 0.5) is 0 Å². The van der Waals surface area contributed by atoms with Crippen LogP contribution in [0.5, 0.6) is 0 Å². The van der Waals surface area contributed by atoms with Gasteiger partial charge in [-0.25, -0.2) is 0 Å². The fourth-order valence-electron chi connectivity index (χ4n) is 2.64. The standard InChI is InChI=1S/C20H21N3OS/c1-4-16-8-10-17(11-9-16)19(24)13-25-20-22-21-15(3)23(20)18-7-5-6-14(2)12-18/h5-12H,4,13H2,1-3H3. The normalized spacial score (nSPS) is 10.8. The van der Waals surface area contributed by atoms with Crippen molar-refractivity contribution in [3.8, 4) is 5.69 Å². The van der Waals surface area contributed by atoms with E-state index in [9.17, 15) is 4.79 Å². The van der Waals surface area contributed by atoms with Crippen LogP contribution in [0.3, 0.4) is 0 Å². The summed E-state index contributed by atoms with van der Waals surface area (Å²) in [6.07, 6.45) is 0.974. The zero-order valence-corrected chi connectivity index (χ0v) is 15.5. The van der Waals surface area contributed by atoms with Gasteiger partial charge in [0, 0.05) is 11.3 Å². The van der Waals surface area contributed by atoms with E-state index in [1.165, 1.54) is 22.9 Å². The molecule has 0 saturated heterocycles. The first-order chi connectivity index (χ1) is 12.1. The molecular formula is C20H21N3OS. The Kier molecular flexibility index (Phi) is 5.34. The van der Waals surface area contributed by atoms with Gasteiger partial charge >= 0.3 is 0 Å². The minimum atomic E-state index is 0.101. The summed E-state index contributed by atoms with van der Waals surface area (Å²) in [5.74, 6) is 1.26. The minimum absolute atomic E-state index is 0.101. The summed E-state index contributed by atoms with van der Waals surface area (Å²) in [5, 5.41) is 9.15. The number of carbonyl (C=O) groups excluding carboxylic acids is 1. The highest BCUT2D eigenvalue weighted by molar-refractivity contribution is 7.99. The lowest BCUT2D eigenvalue weighted by Crippen LogP contribution is -2.05. The number of rotatable bonds is 6. The minimum Gasteiger partial charge on any atom is -0.293 e. The molecule has 1 heterocycles. The second kappa shape index (κ2) is 7.66. The molecule has 0 aliphatic carbocycles. The first kappa shape index (κ1) is 17.4. The number of thioether (sulfide) groups is 1. The third-order valence-electron chi connectivity index (χ3n) is 4.07. The molecule has 2 aromatic carbocycles. The van der Waals surface area contributed by atoms with Gasteiger partial charge in [-0.2, -0.15) is 0 Å². The first-order valence-electron chi connectivity index (χ1n) is 8.32. The second-order valence-corrected chi connectivity index (χ2v) is 6.91. The van der Waals surface area contributed by atoms with E-state index in [-0.39, 0.29) is 5.78 Å². The molecule has 3 aromatic rings. The van der Waals surface area contributed by atoms with Crippen molar-refractivity contribution in [2.45, 2.75) is 32.3 Å². The Hall–Kier alpha value is -2.40. The smallest absolute Gasteiger partial charge is 0.196 e. The Morgan fingerprint density at radius 1 is 1.08 bits per heavy atom. The molecule has 0 fully saturated rings. The maximum atomic E-state index is 12.4. The Morgan fingerprint density at radius 3 is 2.52 bits per heavy atom. The second-order valence-electron chi connectivity index (χ2n) is 5.97. The van der Waals surface area contributed by atoms with Gasteiger partial charge in [0.2, 0.25) is 0 Å². The van der Waals surface area contributed by atoms with Crippen LogP contribution in [0.15, 0.2) is 53.7 Å². The van der Waals surface area contributed by atoms with Crippen LogP contribution in [-0.2, 0) is 6.42 Å². The molecule has 128 valence electrons. The van der Waals surface area contributed by atoms with Crippen molar-refractivity contribution in [3.05, 3.63) is 71.0 Å². The van der Waals surface area contributed by atoms with Crippen molar-refractivity contribution in [3.63, 3.8) is 0 Å². The van der Waals surface area contributed by atoms with Gasteiger partial charge in [-0.15, -0.1) is 10.2 Å². The van der Waals surface area contributed by atoms with Crippen LogP contribution in [0, 0.1) is 13.8 Å². The number of aryl methyl sites for hydroxylation is 3. The van der Waals surface area contributed by atoms with E-state index in [4.69, 9.17) is 0 Å². The molecule has 4 nitrogen and oxygen atoms in total. The molecule has 0 spiro atoms. The number of hydrogen-bond acceptors (Lipinski definition) is 4. The maximum Gasteiger partial charge on any atom is 0.196 e. The Morgan fingerprint density at radius 2 is 1.84 bits per heavy atom. The molecule has 3 rings (SSSR count). The molecule has 0 bridgehead atoms. The van der Waals surface area contributed by atoms with Crippen molar-refractivity contribution in [1.29, 1.82) is 0 Å². The molecule has 5 heteroatoms. The highest BCUT2D eigenvalue weighted by atomic mass is 32.2. The van der Waals surface area contributed by atoms with Gasteiger partial charge in [-0.3, -0.25) is 9.36 Å². The molecule has 1 aromatic heterocycles. The van der Waals surface area contributed by atoms with Crippen LogP contribution >= 0.6 is 11.8 Å². The van der Waals surface area contributed by atoms with Gasteiger partial charge in [0.15, 0.2) is 10.9 Å². The number of ketones is 1. The van der Waals surface area contributed by atoms with E-state index in [1.54, 1.807) is 0 Å². The molecule has 0 unspecified atom stereocenters. The zero-order chi connectivity index (χ0) is 17.8. The average molecular weight is 351 g/mol. The quantitative estimate of drug-likeness (QED) is 0.487. The Balaban J connectivity index is 1.76. The summed E-state index contributed by atoms with van der Waals surface area (Å²) in [7, 11) is 0. The summed E-state index contributed by atoms with van der Waals surface area (Å²) in [6, 6.07) is 16.0. The van der Waals surface area contributed by atoms with Crippen molar-refractivity contribution in [1.82, 2.24) is 14.8 Å². The number of nitrogens with zero attached hydrogens (tertiary/aromatic N) is 3. The summed E-state index contributed by atoms with van der Waals surface area (Å²) in [5.41, 5.74) is 4.17. The van der Waals surface area contributed by atoms with Gasteiger partial charge in [0.1, 0.15) is 5.82 Å². The predicted molar refractivity (Wildman–Crippen MR) is 102 cm³/mol. The molecular weight excluding hydrogens is 330 g/mol. The number of carbonyl (C=O) groups is 1. The van der Waals surface area contributed by atoms with Gasteiger partial charge in [0.05, 0.1) is 5.75 Å². The van der Waals surface area contributed by atoms with E-state index in [0.717, 1.165) is 28.7 Å². The summed E-state index contributed by atoms with van der Waals surface area (Å²) in [6.45, 7) is 6.08. The predicted octanol–water partition coefficient (Wildman–Crippen LogP) is 4.42. The molecule has 0 aliphatic rings. The highest BCUT2D eigenvalue weighted by Crippen LogP contribution is 2.23. The van der Waals surface area contributed by atoms with Gasteiger partial charge in [-0.05, 0) is 43.5 Å². The third-order valence-corrected chi connectivity index (χ3v) is 5.00. The molecule has 0 amide bonds.